The zero-order valence-corrected chi connectivity index (χ0v) is 14.3. The van der Waals surface area contributed by atoms with Crippen LogP contribution in [0.5, 0.6) is 0 Å². The summed E-state index contributed by atoms with van der Waals surface area (Å²) in [6.45, 7) is 3.64. The molecule has 2 amide bonds. The van der Waals surface area contributed by atoms with Crippen LogP contribution < -0.4 is 5.32 Å². The smallest absolute Gasteiger partial charge is 0.321 e. The molecule has 5 heteroatoms. The zero-order valence-electron chi connectivity index (χ0n) is 12.6. The van der Waals surface area contributed by atoms with E-state index in [1.807, 2.05) is 59.2 Å². The van der Waals surface area contributed by atoms with Gasteiger partial charge in [0.1, 0.15) is 0 Å². The van der Waals surface area contributed by atoms with Crippen LogP contribution >= 0.6 is 23.1 Å². The maximum Gasteiger partial charge on any atom is 0.321 e. The Kier molecular flexibility index (Phi) is 5.05. The highest BCUT2D eigenvalue weighted by molar-refractivity contribution is 7.99. The van der Waals surface area contributed by atoms with Gasteiger partial charge in [0.05, 0.1) is 0 Å². The molecule has 1 N–H and O–H groups in total. The van der Waals surface area contributed by atoms with Crippen molar-refractivity contribution in [1.29, 1.82) is 0 Å². The first kappa shape index (κ1) is 15.4. The quantitative estimate of drug-likeness (QED) is 0.859. The van der Waals surface area contributed by atoms with Crippen molar-refractivity contribution in [3.05, 3.63) is 52.2 Å². The van der Waals surface area contributed by atoms with Gasteiger partial charge in [0.25, 0.3) is 0 Å². The number of anilines is 1. The largest absolute Gasteiger partial charge is 0.324 e. The molecule has 1 saturated heterocycles. The molecule has 22 heavy (non-hydrogen) atoms. The highest BCUT2D eigenvalue weighted by Gasteiger charge is 2.22. The molecule has 1 aliphatic heterocycles. The molecule has 1 aromatic carbocycles. The van der Waals surface area contributed by atoms with Crippen LogP contribution in [0.3, 0.4) is 0 Å². The Bertz CT molecular complexity index is 627. The predicted molar refractivity (Wildman–Crippen MR) is 95.9 cm³/mol. The molecule has 1 aromatic heterocycles. The standard InChI is InChI=1S/C17H20N2OS2/c1-13-5-2-3-6-14(13)18-17(20)19-9-8-16(22-12-10-19)15-7-4-11-21-15/h2-7,11,16H,8-10,12H2,1H3,(H,18,20)/t16-/m0/s1. The van der Waals surface area contributed by atoms with E-state index in [-0.39, 0.29) is 6.03 Å². The van der Waals surface area contributed by atoms with E-state index < -0.39 is 0 Å². The summed E-state index contributed by atoms with van der Waals surface area (Å²) in [4.78, 5) is 15.8. The summed E-state index contributed by atoms with van der Waals surface area (Å²) in [5.41, 5.74) is 2.00. The van der Waals surface area contributed by atoms with Gasteiger partial charge >= 0.3 is 6.03 Å². The maximum atomic E-state index is 12.5. The van der Waals surface area contributed by atoms with Crippen LogP contribution in [0.1, 0.15) is 22.1 Å². The van der Waals surface area contributed by atoms with E-state index in [1.54, 1.807) is 0 Å². The summed E-state index contributed by atoms with van der Waals surface area (Å²) < 4.78 is 0. The third-order valence-corrected chi connectivity index (χ3v) is 6.32. The Morgan fingerprint density at radius 1 is 1.23 bits per heavy atom. The van der Waals surface area contributed by atoms with Gasteiger partial charge in [0.15, 0.2) is 0 Å². The van der Waals surface area contributed by atoms with Gasteiger partial charge in [-0.3, -0.25) is 0 Å². The number of nitrogens with zero attached hydrogens (tertiary/aromatic N) is 1. The summed E-state index contributed by atoms with van der Waals surface area (Å²) >= 11 is 3.77. The Balaban J connectivity index is 1.61. The van der Waals surface area contributed by atoms with Crippen molar-refractivity contribution in [2.24, 2.45) is 0 Å². The number of thiophene rings is 1. The number of amides is 2. The summed E-state index contributed by atoms with van der Waals surface area (Å²) in [6.07, 6.45) is 1.02. The summed E-state index contributed by atoms with van der Waals surface area (Å²) in [7, 11) is 0. The first-order valence-electron chi connectivity index (χ1n) is 7.50. The molecular weight excluding hydrogens is 312 g/mol. The van der Waals surface area contributed by atoms with Gasteiger partial charge in [-0.1, -0.05) is 24.3 Å². The number of hydrogen-bond donors (Lipinski definition) is 1. The molecule has 116 valence electrons. The van der Waals surface area contributed by atoms with Crippen LogP contribution in [0.15, 0.2) is 41.8 Å². The number of carbonyl (C=O) groups excluding carboxylic acids is 1. The highest BCUT2D eigenvalue weighted by atomic mass is 32.2. The average molecular weight is 332 g/mol. The van der Waals surface area contributed by atoms with Crippen LogP contribution in [0.25, 0.3) is 0 Å². The van der Waals surface area contributed by atoms with Crippen molar-refractivity contribution < 1.29 is 4.79 Å². The Morgan fingerprint density at radius 3 is 2.86 bits per heavy atom. The van der Waals surface area contributed by atoms with Gasteiger partial charge in [-0.2, -0.15) is 11.8 Å². The minimum absolute atomic E-state index is 0.0155. The highest BCUT2D eigenvalue weighted by Crippen LogP contribution is 2.36. The molecule has 2 aromatic rings. The van der Waals surface area contributed by atoms with E-state index in [9.17, 15) is 4.79 Å². The first-order chi connectivity index (χ1) is 10.7. The number of thioether (sulfide) groups is 1. The average Bonchev–Trinajstić information content (AvgIpc) is 2.94. The minimum Gasteiger partial charge on any atom is -0.324 e. The number of aryl methyl sites for hydroxylation is 1. The number of benzene rings is 1. The van der Waals surface area contributed by atoms with Gasteiger partial charge in [0, 0.05) is 34.7 Å². The molecule has 0 saturated carbocycles. The molecule has 0 spiro atoms. The molecule has 3 nitrogen and oxygen atoms in total. The second-order valence-corrected chi connectivity index (χ2v) is 7.69. The monoisotopic (exact) mass is 332 g/mol. The summed E-state index contributed by atoms with van der Waals surface area (Å²) in [5, 5.41) is 5.69. The number of urea groups is 1. The van der Waals surface area contributed by atoms with Crippen molar-refractivity contribution >= 4 is 34.8 Å². The topological polar surface area (TPSA) is 32.3 Å². The predicted octanol–water partition coefficient (Wildman–Crippen LogP) is 4.77. The van der Waals surface area contributed by atoms with Gasteiger partial charge in [0.2, 0.25) is 0 Å². The SMILES string of the molecule is Cc1ccccc1NC(=O)N1CCS[C@H](c2cccs2)CC1. The van der Waals surface area contributed by atoms with Crippen molar-refractivity contribution in [2.45, 2.75) is 18.6 Å². The maximum absolute atomic E-state index is 12.5. The molecule has 1 fully saturated rings. The van der Waals surface area contributed by atoms with E-state index in [1.165, 1.54) is 4.88 Å². The fraction of sp³-hybridized carbons (Fsp3) is 0.353. The number of carbonyl (C=O) groups is 1. The molecule has 0 bridgehead atoms. The van der Waals surface area contributed by atoms with Gasteiger partial charge in [-0.05, 0) is 36.4 Å². The van der Waals surface area contributed by atoms with E-state index in [0.29, 0.717) is 5.25 Å². The van der Waals surface area contributed by atoms with Crippen molar-refractivity contribution in [2.75, 3.05) is 24.2 Å². The lowest BCUT2D eigenvalue weighted by molar-refractivity contribution is 0.215. The number of hydrogen-bond acceptors (Lipinski definition) is 3. The van der Waals surface area contributed by atoms with E-state index >= 15 is 0 Å². The molecular formula is C17H20N2OS2. The van der Waals surface area contributed by atoms with Gasteiger partial charge in [-0.25, -0.2) is 4.79 Å². The lowest BCUT2D eigenvalue weighted by atomic mass is 10.2. The molecule has 0 aliphatic carbocycles. The third-order valence-electron chi connectivity index (χ3n) is 3.88. The molecule has 1 atom stereocenters. The summed E-state index contributed by atoms with van der Waals surface area (Å²) in [5.74, 6) is 0.990. The zero-order chi connectivity index (χ0) is 15.4. The fourth-order valence-electron chi connectivity index (χ4n) is 2.58. The van der Waals surface area contributed by atoms with E-state index in [4.69, 9.17) is 0 Å². The van der Waals surface area contributed by atoms with Crippen LogP contribution in [-0.2, 0) is 0 Å². The van der Waals surface area contributed by atoms with Crippen molar-refractivity contribution in [3.63, 3.8) is 0 Å². The van der Waals surface area contributed by atoms with Crippen LogP contribution in [-0.4, -0.2) is 29.8 Å². The van der Waals surface area contributed by atoms with Crippen LogP contribution in [0.4, 0.5) is 10.5 Å². The Labute approximate surface area is 139 Å². The number of rotatable bonds is 2. The van der Waals surface area contributed by atoms with Gasteiger partial charge < -0.3 is 10.2 Å². The fourth-order valence-corrected chi connectivity index (χ4v) is 4.82. The Hall–Kier alpha value is -1.46. The lowest BCUT2D eigenvalue weighted by Gasteiger charge is -2.21. The minimum atomic E-state index is 0.0155. The molecule has 2 heterocycles. The lowest BCUT2D eigenvalue weighted by Crippen LogP contribution is -2.36. The molecule has 1 aliphatic rings. The van der Waals surface area contributed by atoms with Gasteiger partial charge in [-0.15, -0.1) is 11.3 Å². The van der Waals surface area contributed by atoms with E-state index in [2.05, 4.69) is 22.8 Å². The van der Waals surface area contributed by atoms with Crippen molar-refractivity contribution in [3.8, 4) is 0 Å². The molecule has 3 rings (SSSR count). The van der Waals surface area contributed by atoms with Crippen LogP contribution in [0, 0.1) is 6.92 Å². The number of nitrogens with one attached hydrogen (secondary N) is 1. The van der Waals surface area contributed by atoms with E-state index in [0.717, 1.165) is 36.5 Å². The molecule has 0 unspecified atom stereocenters. The second kappa shape index (κ2) is 7.20. The third kappa shape index (κ3) is 3.65. The van der Waals surface area contributed by atoms with Crippen molar-refractivity contribution in [1.82, 2.24) is 4.90 Å². The molecule has 0 radical (unpaired) electrons. The summed E-state index contributed by atoms with van der Waals surface area (Å²) in [6, 6.07) is 12.2. The number of para-hydroxylation sites is 1. The Morgan fingerprint density at radius 2 is 2.09 bits per heavy atom. The normalized spacial score (nSPS) is 18.8. The second-order valence-electron chi connectivity index (χ2n) is 5.40. The first-order valence-corrected chi connectivity index (χ1v) is 9.43. The van der Waals surface area contributed by atoms with Crippen LogP contribution in [0.2, 0.25) is 0 Å².